The summed E-state index contributed by atoms with van der Waals surface area (Å²) < 4.78 is 32.6. The second-order valence-corrected chi connectivity index (χ2v) is 8.39. The molecule has 0 aliphatic rings. The second kappa shape index (κ2) is 9.61. The minimum absolute atomic E-state index is 0.0813. The molecule has 2 aromatic rings. The van der Waals surface area contributed by atoms with Crippen LogP contribution in [0.2, 0.25) is 0 Å². The smallest absolute Gasteiger partial charge is 0.240 e. The molecule has 2 aromatic carbocycles. The minimum atomic E-state index is -3.65. The second-order valence-electron chi connectivity index (χ2n) is 5.46. The molecule has 0 saturated heterocycles. The number of carbonyl (C=O) groups excluding carboxylic acids is 1. The molecule has 0 atom stereocenters. The van der Waals surface area contributed by atoms with Crippen LogP contribution in [0, 0.1) is 0 Å². The molecule has 2 N–H and O–H groups in total. The van der Waals surface area contributed by atoms with Gasteiger partial charge in [0, 0.05) is 18.4 Å². The molecule has 2 rings (SSSR count). The van der Waals surface area contributed by atoms with Gasteiger partial charge in [-0.3, -0.25) is 4.79 Å². The first-order chi connectivity index (χ1) is 12.4. The standard InChI is InChI=1S/C18H22N2O4S2/c1-14(21)20-17-13-16(9-10-18(17)24-2)26(22,23)19-11-6-12-25-15-7-4-3-5-8-15/h3-5,7-10,13,19H,6,11-12H2,1-2H3,(H,20,21). The van der Waals surface area contributed by atoms with E-state index in [0.717, 1.165) is 10.6 Å². The predicted molar refractivity (Wildman–Crippen MR) is 104 cm³/mol. The highest BCUT2D eigenvalue weighted by atomic mass is 32.2. The average Bonchev–Trinajstić information content (AvgIpc) is 2.61. The zero-order chi connectivity index (χ0) is 19.0. The van der Waals surface area contributed by atoms with Crippen LogP contribution in [0.4, 0.5) is 5.69 Å². The SMILES string of the molecule is COc1ccc(S(=O)(=O)NCCCSc2ccccc2)cc1NC(C)=O. The van der Waals surface area contributed by atoms with E-state index in [0.29, 0.717) is 24.4 Å². The van der Waals surface area contributed by atoms with Crippen molar-refractivity contribution in [1.29, 1.82) is 0 Å². The highest BCUT2D eigenvalue weighted by Crippen LogP contribution is 2.27. The monoisotopic (exact) mass is 394 g/mol. The molecule has 0 saturated carbocycles. The lowest BCUT2D eigenvalue weighted by molar-refractivity contribution is -0.114. The van der Waals surface area contributed by atoms with Crippen molar-refractivity contribution in [3.63, 3.8) is 0 Å². The van der Waals surface area contributed by atoms with E-state index in [-0.39, 0.29) is 10.8 Å². The van der Waals surface area contributed by atoms with Crippen LogP contribution >= 0.6 is 11.8 Å². The van der Waals surface area contributed by atoms with Crippen LogP contribution < -0.4 is 14.8 Å². The first-order valence-electron chi connectivity index (χ1n) is 8.05. The topological polar surface area (TPSA) is 84.5 Å². The van der Waals surface area contributed by atoms with Crippen molar-refractivity contribution in [2.45, 2.75) is 23.1 Å². The van der Waals surface area contributed by atoms with E-state index < -0.39 is 10.0 Å². The van der Waals surface area contributed by atoms with Crippen molar-refractivity contribution in [2.75, 3.05) is 24.7 Å². The molecule has 6 nitrogen and oxygen atoms in total. The number of sulfonamides is 1. The lowest BCUT2D eigenvalue weighted by Crippen LogP contribution is -2.25. The fraction of sp³-hybridized carbons (Fsp3) is 0.278. The third kappa shape index (κ3) is 6.05. The third-order valence-electron chi connectivity index (χ3n) is 3.42. The first-order valence-corrected chi connectivity index (χ1v) is 10.5. The molecular formula is C18H22N2O4S2. The summed E-state index contributed by atoms with van der Waals surface area (Å²) in [6.07, 6.45) is 0.702. The van der Waals surface area contributed by atoms with Gasteiger partial charge < -0.3 is 10.1 Å². The number of rotatable bonds is 9. The van der Waals surface area contributed by atoms with Crippen LogP contribution in [0.15, 0.2) is 58.3 Å². The van der Waals surface area contributed by atoms with Crippen molar-refractivity contribution in [2.24, 2.45) is 0 Å². The van der Waals surface area contributed by atoms with Crippen molar-refractivity contribution < 1.29 is 17.9 Å². The predicted octanol–water partition coefficient (Wildman–Crippen LogP) is 3.11. The van der Waals surface area contributed by atoms with Gasteiger partial charge in [0.15, 0.2) is 0 Å². The maximum atomic E-state index is 12.4. The van der Waals surface area contributed by atoms with E-state index in [4.69, 9.17) is 4.74 Å². The summed E-state index contributed by atoms with van der Waals surface area (Å²) in [5.41, 5.74) is 0.322. The summed E-state index contributed by atoms with van der Waals surface area (Å²) >= 11 is 1.68. The van der Waals surface area contributed by atoms with Crippen molar-refractivity contribution in [1.82, 2.24) is 4.72 Å². The van der Waals surface area contributed by atoms with E-state index in [1.54, 1.807) is 11.8 Å². The van der Waals surface area contributed by atoms with E-state index in [1.165, 1.54) is 32.2 Å². The lowest BCUT2D eigenvalue weighted by atomic mass is 10.3. The molecule has 8 heteroatoms. The Kier molecular flexibility index (Phi) is 7.50. The van der Waals surface area contributed by atoms with Crippen LogP contribution in [0.5, 0.6) is 5.75 Å². The molecular weight excluding hydrogens is 372 g/mol. The Hall–Kier alpha value is -2.03. The van der Waals surface area contributed by atoms with Gasteiger partial charge in [-0.05, 0) is 42.5 Å². The Morgan fingerprint density at radius 1 is 1.15 bits per heavy atom. The van der Waals surface area contributed by atoms with Gasteiger partial charge in [0.1, 0.15) is 5.75 Å². The summed E-state index contributed by atoms with van der Waals surface area (Å²) in [6.45, 7) is 1.69. The van der Waals surface area contributed by atoms with E-state index in [9.17, 15) is 13.2 Å². The number of ether oxygens (including phenoxy) is 1. The van der Waals surface area contributed by atoms with Crippen molar-refractivity contribution in [3.8, 4) is 5.75 Å². The molecule has 0 spiro atoms. The Labute approximate surface area is 158 Å². The number of hydrogen-bond acceptors (Lipinski definition) is 5. The van der Waals surface area contributed by atoms with Crippen LogP contribution in [-0.4, -0.2) is 33.7 Å². The molecule has 0 radical (unpaired) electrons. The van der Waals surface area contributed by atoms with Crippen LogP contribution in [0.1, 0.15) is 13.3 Å². The Morgan fingerprint density at radius 3 is 2.54 bits per heavy atom. The van der Waals surface area contributed by atoms with Gasteiger partial charge in [0.25, 0.3) is 0 Å². The van der Waals surface area contributed by atoms with Gasteiger partial charge >= 0.3 is 0 Å². The Balaban J connectivity index is 1.93. The highest BCUT2D eigenvalue weighted by Gasteiger charge is 2.16. The van der Waals surface area contributed by atoms with Crippen molar-refractivity contribution in [3.05, 3.63) is 48.5 Å². The van der Waals surface area contributed by atoms with Crippen LogP contribution in [-0.2, 0) is 14.8 Å². The molecule has 0 bridgehead atoms. The number of amides is 1. The van der Waals surface area contributed by atoms with E-state index in [1.807, 2.05) is 30.3 Å². The molecule has 0 fully saturated rings. The maximum absolute atomic E-state index is 12.4. The van der Waals surface area contributed by atoms with Gasteiger partial charge in [-0.15, -0.1) is 11.8 Å². The Bertz CT molecular complexity index is 840. The first kappa shape index (κ1) is 20.3. The van der Waals surface area contributed by atoms with Gasteiger partial charge in [0.05, 0.1) is 17.7 Å². The molecule has 26 heavy (non-hydrogen) atoms. The lowest BCUT2D eigenvalue weighted by Gasteiger charge is -2.12. The summed E-state index contributed by atoms with van der Waals surface area (Å²) in [5, 5.41) is 2.57. The molecule has 0 aliphatic carbocycles. The summed E-state index contributed by atoms with van der Waals surface area (Å²) in [4.78, 5) is 12.5. The molecule has 1 amide bonds. The number of carbonyl (C=O) groups is 1. The molecule has 0 aromatic heterocycles. The zero-order valence-electron chi connectivity index (χ0n) is 14.7. The molecule has 140 valence electrons. The minimum Gasteiger partial charge on any atom is -0.495 e. The van der Waals surface area contributed by atoms with Crippen LogP contribution in [0.3, 0.4) is 0 Å². The molecule has 0 unspecified atom stereocenters. The third-order valence-corrected chi connectivity index (χ3v) is 5.97. The Morgan fingerprint density at radius 2 is 1.88 bits per heavy atom. The van der Waals surface area contributed by atoms with Crippen molar-refractivity contribution >= 4 is 33.4 Å². The zero-order valence-corrected chi connectivity index (χ0v) is 16.3. The largest absolute Gasteiger partial charge is 0.495 e. The highest BCUT2D eigenvalue weighted by molar-refractivity contribution is 7.99. The molecule has 0 aliphatic heterocycles. The van der Waals surface area contributed by atoms with Gasteiger partial charge in [-0.1, -0.05) is 18.2 Å². The number of thioether (sulfide) groups is 1. The van der Waals surface area contributed by atoms with Gasteiger partial charge in [0.2, 0.25) is 15.9 Å². The van der Waals surface area contributed by atoms with Crippen LogP contribution in [0.25, 0.3) is 0 Å². The number of nitrogens with one attached hydrogen (secondary N) is 2. The number of anilines is 1. The molecule has 0 heterocycles. The van der Waals surface area contributed by atoms with Gasteiger partial charge in [-0.2, -0.15) is 0 Å². The normalized spacial score (nSPS) is 11.2. The van der Waals surface area contributed by atoms with E-state index >= 15 is 0 Å². The van der Waals surface area contributed by atoms with E-state index in [2.05, 4.69) is 10.0 Å². The fourth-order valence-electron chi connectivity index (χ4n) is 2.21. The number of hydrogen-bond donors (Lipinski definition) is 2. The number of methoxy groups -OCH3 is 1. The number of benzene rings is 2. The quantitative estimate of drug-likeness (QED) is 0.504. The fourth-order valence-corrected chi connectivity index (χ4v) is 4.18. The summed E-state index contributed by atoms with van der Waals surface area (Å²) in [6, 6.07) is 14.3. The van der Waals surface area contributed by atoms with Gasteiger partial charge in [-0.25, -0.2) is 13.1 Å². The average molecular weight is 395 g/mol. The summed E-state index contributed by atoms with van der Waals surface area (Å²) in [5.74, 6) is 0.911. The summed E-state index contributed by atoms with van der Waals surface area (Å²) in [7, 11) is -2.20. The maximum Gasteiger partial charge on any atom is 0.240 e.